The van der Waals surface area contributed by atoms with Gasteiger partial charge in [-0.3, -0.25) is 0 Å². The molecule has 3 aliphatic heterocycles. The molecule has 2 saturated carbocycles. The van der Waals surface area contributed by atoms with Crippen LogP contribution in [0.4, 0.5) is 0 Å². The van der Waals surface area contributed by atoms with Crippen LogP contribution in [0.15, 0.2) is 42.2 Å². The van der Waals surface area contributed by atoms with E-state index in [-0.39, 0.29) is 41.2 Å². The molecule has 6 nitrogen and oxygen atoms in total. The number of benzene rings is 1. The van der Waals surface area contributed by atoms with E-state index in [0.717, 1.165) is 44.3 Å². The number of allylic oxidation sites excluding steroid dienone is 3. The highest BCUT2D eigenvalue weighted by atomic mass is 32.1. The Bertz CT molecular complexity index is 1580. The van der Waals surface area contributed by atoms with Gasteiger partial charge < -0.3 is 29.0 Å². The number of epoxide rings is 1. The third kappa shape index (κ3) is 2.90. The number of rotatable bonds is 3. The van der Waals surface area contributed by atoms with Crippen LogP contribution < -0.4 is 0 Å². The summed E-state index contributed by atoms with van der Waals surface area (Å²) < 4.78 is 25.5. The van der Waals surface area contributed by atoms with Crippen LogP contribution in [-0.4, -0.2) is 51.3 Å². The van der Waals surface area contributed by atoms with Crippen LogP contribution in [0, 0.1) is 22.7 Å². The normalized spacial score (nSPS) is 51.5. The summed E-state index contributed by atoms with van der Waals surface area (Å²) in [6.45, 7) is 11.0. The molecule has 224 valence electrons. The number of H-pyrrole nitrogens is 1. The summed E-state index contributed by atoms with van der Waals surface area (Å²) in [5.74, 6) is 1.60. The van der Waals surface area contributed by atoms with E-state index in [0.29, 0.717) is 5.92 Å². The Balaban J connectivity index is 1.15. The maximum Gasteiger partial charge on any atom is 0.188 e. The Morgan fingerprint density at radius 3 is 2.74 bits per heavy atom. The lowest BCUT2D eigenvalue weighted by Crippen LogP contribution is -2.70. The third-order valence-corrected chi connectivity index (χ3v) is 13.7. The van der Waals surface area contributed by atoms with Gasteiger partial charge in [0.2, 0.25) is 0 Å². The van der Waals surface area contributed by atoms with Gasteiger partial charge in [-0.2, -0.15) is 0 Å². The van der Waals surface area contributed by atoms with E-state index in [2.05, 4.69) is 62.2 Å². The van der Waals surface area contributed by atoms with Crippen molar-refractivity contribution in [3.8, 4) is 0 Å². The molecule has 7 heteroatoms. The van der Waals surface area contributed by atoms with Gasteiger partial charge in [-0.1, -0.05) is 38.1 Å². The van der Waals surface area contributed by atoms with Gasteiger partial charge in [-0.15, -0.1) is 12.6 Å². The minimum atomic E-state index is -0.912. The first-order valence-electron chi connectivity index (χ1n) is 16.0. The first kappa shape index (κ1) is 26.6. The topological polar surface area (TPSA) is 76.2 Å². The molecule has 1 aromatic heterocycles. The van der Waals surface area contributed by atoms with Crippen molar-refractivity contribution in [1.82, 2.24) is 4.98 Å². The van der Waals surface area contributed by atoms with Crippen LogP contribution in [0.2, 0.25) is 0 Å². The Kier molecular flexibility index (Phi) is 5.12. The van der Waals surface area contributed by atoms with Crippen molar-refractivity contribution in [3.05, 3.63) is 59.0 Å². The van der Waals surface area contributed by atoms with Crippen molar-refractivity contribution in [2.24, 2.45) is 22.7 Å². The zero-order valence-corrected chi connectivity index (χ0v) is 26.2. The van der Waals surface area contributed by atoms with Gasteiger partial charge >= 0.3 is 0 Å². The molecular weight excluding hydrogens is 546 g/mol. The second kappa shape index (κ2) is 8.08. The van der Waals surface area contributed by atoms with Gasteiger partial charge in [-0.25, -0.2) is 0 Å². The number of aromatic nitrogens is 1. The molecule has 0 amide bonds. The lowest BCUT2D eigenvalue weighted by molar-refractivity contribution is -0.324. The van der Waals surface area contributed by atoms with Crippen LogP contribution in [-0.2, 0) is 37.2 Å². The second-order valence-corrected chi connectivity index (χ2v) is 15.9. The van der Waals surface area contributed by atoms with Crippen LogP contribution in [0.1, 0.15) is 77.1 Å². The fraction of sp³-hybridized carbons (Fsp3) is 0.657. The average molecular weight is 590 g/mol. The van der Waals surface area contributed by atoms with Crippen LogP contribution in [0.25, 0.3) is 10.9 Å². The fourth-order valence-electron chi connectivity index (χ4n) is 10.8. The Morgan fingerprint density at radius 2 is 1.98 bits per heavy atom. The third-order valence-electron chi connectivity index (χ3n) is 13.3. The van der Waals surface area contributed by atoms with E-state index in [1.54, 1.807) is 0 Å². The van der Waals surface area contributed by atoms with Gasteiger partial charge in [0.1, 0.15) is 18.0 Å². The maximum absolute atomic E-state index is 13.3. The molecule has 12 atom stereocenters. The first-order valence-corrected chi connectivity index (χ1v) is 16.5. The minimum Gasteiger partial charge on any atom is -0.488 e. The maximum atomic E-state index is 13.3. The number of fused-ring (bicyclic) bond motifs is 9. The lowest BCUT2D eigenvalue weighted by Gasteiger charge is -2.66. The number of nitrogens with one attached hydrogen (secondary N) is 1. The molecular formula is C35H43NO5S. The summed E-state index contributed by atoms with van der Waals surface area (Å²) in [7, 11) is 0. The first-order chi connectivity index (χ1) is 20.0. The lowest BCUT2D eigenvalue weighted by atomic mass is 9.41. The van der Waals surface area contributed by atoms with Gasteiger partial charge in [0.05, 0.1) is 17.1 Å². The molecule has 9 rings (SSSR count). The summed E-state index contributed by atoms with van der Waals surface area (Å²) in [5, 5.41) is 14.7. The number of hydrogen-bond donors (Lipinski definition) is 3. The summed E-state index contributed by atoms with van der Waals surface area (Å²) >= 11 is 4.96. The van der Waals surface area contributed by atoms with Crippen molar-refractivity contribution >= 4 is 23.5 Å². The molecule has 1 aromatic carbocycles. The molecule has 4 heterocycles. The smallest absolute Gasteiger partial charge is 0.188 e. The summed E-state index contributed by atoms with van der Waals surface area (Å²) in [4.78, 5) is 3.13. The summed E-state index contributed by atoms with van der Waals surface area (Å²) in [6.07, 6.45) is 11.2. The number of aliphatic hydroxyl groups is 1. The molecule has 0 radical (unpaired) electrons. The quantitative estimate of drug-likeness (QED) is 0.229. The number of ether oxygens (including phenoxy) is 4. The van der Waals surface area contributed by atoms with Crippen molar-refractivity contribution in [1.29, 1.82) is 0 Å². The van der Waals surface area contributed by atoms with E-state index >= 15 is 0 Å². The minimum absolute atomic E-state index is 0.0743. The van der Waals surface area contributed by atoms with E-state index < -0.39 is 22.2 Å². The SMILES string of the molecule is C/C=C\Cc1cccc2[nH]c3c(c12)C[C@@H]1CC[C@]2(O)[C@](C)(CC=C4O[C@H]5[C@@H](O[C@H](C6OC6C)OC5(C)S)[C@H]5C[C@@]452)[C@@]31C. The molecule has 3 unspecified atom stereocenters. The summed E-state index contributed by atoms with van der Waals surface area (Å²) in [5.41, 5.74) is 3.53. The van der Waals surface area contributed by atoms with E-state index in [1.807, 2.05) is 13.8 Å². The Labute approximate surface area is 253 Å². The van der Waals surface area contributed by atoms with Crippen molar-refractivity contribution in [3.63, 3.8) is 0 Å². The Morgan fingerprint density at radius 1 is 1.17 bits per heavy atom. The largest absolute Gasteiger partial charge is 0.488 e. The molecule has 2 aromatic rings. The molecule has 3 saturated heterocycles. The van der Waals surface area contributed by atoms with Gasteiger partial charge in [0, 0.05) is 33.3 Å². The highest BCUT2D eigenvalue weighted by Crippen LogP contribution is 2.81. The zero-order valence-electron chi connectivity index (χ0n) is 25.3. The average Bonchev–Trinajstić information content (AvgIpc) is 3.82. The molecule has 2 N–H and O–H groups in total. The monoisotopic (exact) mass is 589 g/mol. The number of thiol groups is 1. The Hall–Kier alpha value is -1.77. The molecule has 42 heavy (non-hydrogen) atoms. The van der Waals surface area contributed by atoms with Gasteiger partial charge in [0.15, 0.2) is 17.3 Å². The fourth-order valence-corrected chi connectivity index (χ4v) is 11.1. The van der Waals surface area contributed by atoms with Crippen molar-refractivity contribution in [2.45, 2.75) is 120 Å². The van der Waals surface area contributed by atoms with Gasteiger partial charge in [0.25, 0.3) is 0 Å². The van der Waals surface area contributed by atoms with Gasteiger partial charge in [-0.05, 0) is 88.5 Å². The standard InChI is InChI=1S/C35H43NO5S/c1-6-7-9-19-10-8-11-23-25(19)21-16-20-12-15-35(37)31(3,32(20,4)28(21)36-23)14-13-24-34(35)17-22(34)27-29(39-24)33(5,42)41-30(40-27)26-18(2)38-26/h6-8,10-11,13,18,20,22,26-27,29-30,36-37,42H,9,12,14-17H2,1-5H3/b7-6-/t18?,20-,22+,26?,27-,29-,30-,31+,32+,33?,34-,35-/m0/s1. The van der Waals surface area contributed by atoms with Crippen LogP contribution in [0.3, 0.4) is 0 Å². The highest BCUT2D eigenvalue weighted by Gasteiger charge is 2.84. The molecule has 1 spiro atoms. The predicted octanol–water partition coefficient (Wildman–Crippen LogP) is 6.12. The van der Waals surface area contributed by atoms with E-state index in [9.17, 15) is 5.11 Å². The second-order valence-electron chi connectivity index (χ2n) is 15.0. The summed E-state index contributed by atoms with van der Waals surface area (Å²) in [6, 6.07) is 6.68. The van der Waals surface area contributed by atoms with E-state index in [4.69, 9.17) is 31.6 Å². The highest BCUT2D eigenvalue weighted by molar-refractivity contribution is 7.81. The molecule has 4 aliphatic carbocycles. The number of aromatic amines is 1. The molecule has 0 bridgehead atoms. The van der Waals surface area contributed by atoms with Crippen LogP contribution in [0.5, 0.6) is 0 Å². The predicted molar refractivity (Wildman–Crippen MR) is 163 cm³/mol. The zero-order chi connectivity index (χ0) is 29.0. The molecule has 5 fully saturated rings. The number of hydrogen-bond acceptors (Lipinski definition) is 6. The van der Waals surface area contributed by atoms with Crippen molar-refractivity contribution in [2.75, 3.05) is 0 Å². The van der Waals surface area contributed by atoms with E-state index in [1.165, 1.54) is 27.7 Å². The molecule has 7 aliphatic rings. The van der Waals surface area contributed by atoms with Crippen LogP contribution >= 0.6 is 12.6 Å². The van der Waals surface area contributed by atoms with Crippen molar-refractivity contribution < 1.29 is 24.1 Å².